The monoisotopic (exact) mass is 557 g/mol. The Morgan fingerprint density at radius 3 is 2.75 bits per heavy atom. The highest BCUT2D eigenvalue weighted by Crippen LogP contribution is 2.46. The van der Waals surface area contributed by atoms with E-state index in [1.165, 1.54) is 0 Å². The van der Waals surface area contributed by atoms with E-state index < -0.39 is 6.16 Å². The third-order valence-electron chi connectivity index (χ3n) is 7.72. The van der Waals surface area contributed by atoms with Gasteiger partial charge in [0.1, 0.15) is 16.8 Å². The minimum Gasteiger partial charge on any atom is -0.493 e. The quantitative estimate of drug-likeness (QED) is 0.221. The van der Waals surface area contributed by atoms with Crippen LogP contribution in [0.1, 0.15) is 36.8 Å². The Labute approximate surface area is 234 Å². The van der Waals surface area contributed by atoms with Crippen molar-refractivity contribution in [3.05, 3.63) is 59.7 Å². The number of fused-ring (bicyclic) bond motifs is 3. The highest BCUT2D eigenvalue weighted by molar-refractivity contribution is 7.00. The summed E-state index contributed by atoms with van der Waals surface area (Å²) in [5.74, 6) is 2.32. The molecule has 1 fully saturated rings. The molecule has 0 radical (unpaired) electrons. The van der Waals surface area contributed by atoms with Gasteiger partial charge in [0, 0.05) is 17.9 Å². The Balaban J connectivity index is 1.46. The number of carboxylic acid groups (broad SMARTS) is 1. The lowest BCUT2D eigenvalue weighted by molar-refractivity contribution is 0.141. The van der Waals surface area contributed by atoms with E-state index in [1.54, 1.807) is 7.11 Å². The second-order valence-electron chi connectivity index (χ2n) is 10.2. The summed E-state index contributed by atoms with van der Waals surface area (Å²) in [6.07, 6.45) is 3.81. The molecule has 204 valence electrons. The third kappa shape index (κ3) is 4.38. The molecule has 7 rings (SSSR count). The van der Waals surface area contributed by atoms with Gasteiger partial charge >= 0.3 is 6.16 Å². The standard InChI is InChI=1S/C30H27N3O6S/c1-36-26-14-21-24(15-27(26)38-20-4-2-3-5-20)33(16-17-6-8-22-23(12-17)32-40-31-22)29(39-30(34)35)28(21)19-7-9-25-18(13-19)10-11-37-25/h6-9,12-15,20H,2-5,10-11,16H2,1H3,(H,34,35). The summed E-state index contributed by atoms with van der Waals surface area (Å²) in [5, 5.41) is 10.7. The molecule has 9 nitrogen and oxygen atoms in total. The summed E-state index contributed by atoms with van der Waals surface area (Å²) in [6, 6.07) is 15.7. The Morgan fingerprint density at radius 2 is 1.93 bits per heavy atom. The van der Waals surface area contributed by atoms with E-state index in [2.05, 4.69) is 14.8 Å². The van der Waals surface area contributed by atoms with E-state index in [-0.39, 0.29) is 12.0 Å². The molecule has 3 heterocycles. The zero-order chi connectivity index (χ0) is 27.2. The number of methoxy groups -OCH3 is 1. The van der Waals surface area contributed by atoms with Crippen molar-refractivity contribution < 1.29 is 28.8 Å². The number of aromatic nitrogens is 3. The number of carbonyl (C=O) groups is 1. The van der Waals surface area contributed by atoms with Crippen LogP contribution in [0.2, 0.25) is 0 Å². The molecule has 0 spiro atoms. The number of rotatable bonds is 7. The van der Waals surface area contributed by atoms with E-state index in [0.717, 1.165) is 88.2 Å². The van der Waals surface area contributed by atoms with Crippen LogP contribution >= 0.6 is 11.7 Å². The zero-order valence-electron chi connectivity index (χ0n) is 21.9. The lowest BCUT2D eigenvalue weighted by Gasteiger charge is -2.17. The minimum atomic E-state index is -1.39. The summed E-state index contributed by atoms with van der Waals surface area (Å²) >= 11 is 1.16. The van der Waals surface area contributed by atoms with Crippen molar-refractivity contribution in [2.45, 2.75) is 44.8 Å². The van der Waals surface area contributed by atoms with Crippen molar-refractivity contribution in [1.82, 2.24) is 13.3 Å². The highest BCUT2D eigenvalue weighted by atomic mass is 32.1. The van der Waals surface area contributed by atoms with E-state index in [0.29, 0.717) is 30.2 Å². The molecule has 2 aromatic heterocycles. The molecule has 40 heavy (non-hydrogen) atoms. The molecule has 0 amide bonds. The van der Waals surface area contributed by atoms with Gasteiger partial charge in [-0.15, -0.1) is 0 Å². The summed E-state index contributed by atoms with van der Waals surface area (Å²) in [7, 11) is 1.62. The molecule has 2 aliphatic rings. The average molecular weight is 558 g/mol. The van der Waals surface area contributed by atoms with Gasteiger partial charge in [0.25, 0.3) is 0 Å². The molecule has 0 saturated heterocycles. The first-order chi connectivity index (χ1) is 19.6. The first-order valence-corrected chi connectivity index (χ1v) is 14.1. The van der Waals surface area contributed by atoms with Crippen LogP contribution in [0.3, 0.4) is 0 Å². The number of ether oxygens (including phenoxy) is 4. The van der Waals surface area contributed by atoms with Crippen LogP contribution in [-0.4, -0.2) is 44.4 Å². The molecule has 0 atom stereocenters. The van der Waals surface area contributed by atoms with Crippen LogP contribution in [0, 0.1) is 0 Å². The predicted octanol–water partition coefficient (Wildman–Crippen LogP) is 6.68. The van der Waals surface area contributed by atoms with E-state index in [4.69, 9.17) is 18.9 Å². The highest BCUT2D eigenvalue weighted by Gasteiger charge is 2.27. The van der Waals surface area contributed by atoms with Crippen molar-refractivity contribution in [3.8, 4) is 34.3 Å². The molecular formula is C30H27N3O6S. The fraction of sp³-hybridized carbons (Fsp3) is 0.300. The van der Waals surface area contributed by atoms with Gasteiger partial charge in [0.15, 0.2) is 11.5 Å². The maximum atomic E-state index is 12.1. The largest absolute Gasteiger partial charge is 0.512 e. The van der Waals surface area contributed by atoms with Crippen LogP contribution in [0.25, 0.3) is 33.1 Å². The number of nitrogens with zero attached hydrogens (tertiary/aromatic N) is 3. The molecule has 5 aromatic rings. The van der Waals surface area contributed by atoms with Crippen LogP contribution in [0.4, 0.5) is 4.79 Å². The Kier molecular flexibility index (Phi) is 6.19. The first-order valence-electron chi connectivity index (χ1n) is 13.4. The topological polar surface area (TPSA) is 105 Å². The summed E-state index contributed by atoms with van der Waals surface area (Å²) in [5.41, 5.74) is 5.94. The van der Waals surface area contributed by atoms with Gasteiger partial charge in [-0.25, -0.2) is 4.79 Å². The van der Waals surface area contributed by atoms with Crippen LogP contribution < -0.4 is 18.9 Å². The van der Waals surface area contributed by atoms with Crippen molar-refractivity contribution in [3.63, 3.8) is 0 Å². The molecule has 1 aliphatic carbocycles. The van der Waals surface area contributed by atoms with E-state index in [1.807, 2.05) is 47.0 Å². The molecular weight excluding hydrogens is 530 g/mol. The van der Waals surface area contributed by atoms with Gasteiger partial charge in [-0.3, -0.25) is 0 Å². The smallest absolute Gasteiger partial charge is 0.493 e. The fourth-order valence-corrected chi connectivity index (χ4v) is 6.36. The van der Waals surface area contributed by atoms with Crippen molar-refractivity contribution in [1.29, 1.82) is 0 Å². The van der Waals surface area contributed by atoms with Gasteiger partial charge in [-0.05, 0) is 72.7 Å². The Bertz CT molecular complexity index is 1750. The Morgan fingerprint density at radius 1 is 1.07 bits per heavy atom. The first kappa shape index (κ1) is 24.7. The molecule has 1 N–H and O–H groups in total. The number of benzene rings is 3. The summed E-state index contributed by atoms with van der Waals surface area (Å²) in [6.45, 7) is 0.985. The summed E-state index contributed by atoms with van der Waals surface area (Å²) in [4.78, 5) is 12.1. The fourth-order valence-electron chi connectivity index (χ4n) is 5.85. The SMILES string of the molecule is COc1cc2c(-c3ccc4c(c3)CCO4)c(OC(=O)O)n(Cc3ccc4nsnc4c3)c2cc1OC1CCCC1. The maximum Gasteiger partial charge on any atom is 0.512 e. The second-order valence-corrected chi connectivity index (χ2v) is 10.7. The lowest BCUT2D eigenvalue weighted by atomic mass is 10.0. The van der Waals surface area contributed by atoms with Gasteiger partial charge in [0.05, 0.1) is 49.2 Å². The minimum absolute atomic E-state index is 0.125. The van der Waals surface area contributed by atoms with Gasteiger partial charge in [-0.1, -0.05) is 12.1 Å². The molecule has 10 heteroatoms. The molecule has 1 aliphatic heterocycles. The molecule has 1 saturated carbocycles. The molecule has 0 unspecified atom stereocenters. The predicted molar refractivity (Wildman–Crippen MR) is 151 cm³/mol. The normalized spacial score (nSPS) is 14.9. The van der Waals surface area contributed by atoms with Crippen LogP contribution in [0.15, 0.2) is 48.5 Å². The van der Waals surface area contributed by atoms with Crippen molar-refractivity contribution in [2.24, 2.45) is 0 Å². The van der Waals surface area contributed by atoms with Crippen molar-refractivity contribution >= 4 is 39.8 Å². The number of hydrogen-bond acceptors (Lipinski definition) is 8. The average Bonchev–Trinajstić information content (AvgIpc) is 3.76. The zero-order valence-corrected chi connectivity index (χ0v) is 22.7. The Hall–Kier alpha value is -4.31. The van der Waals surface area contributed by atoms with Crippen LogP contribution in [0.5, 0.6) is 23.1 Å². The van der Waals surface area contributed by atoms with Crippen LogP contribution in [-0.2, 0) is 13.0 Å². The van der Waals surface area contributed by atoms with E-state index in [9.17, 15) is 9.90 Å². The second kappa shape index (κ2) is 10.0. The van der Waals surface area contributed by atoms with Gasteiger partial charge in [-0.2, -0.15) is 8.75 Å². The maximum absolute atomic E-state index is 12.1. The van der Waals surface area contributed by atoms with Gasteiger partial charge < -0.3 is 28.6 Å². The summed E-state index contributed by atoms with van der Waals surface area (Å²) < 4.78 is 34.1. The van der Waals surface area contributed by atoms with Crippen molar-refractivity contribution in [2.75, 3.05) is 13.7 Å². The molecule has 3 aromatic carbocycles. The lowest BCUT2D eigenvalue weighted by Crippen LogP contribution is -2.12. The van der Waals surface area contributed by atoms with Gasteiger partial charge in [0.2, 0.25) is 5.88 Å². The number of hydrogen-bond donors (Lipinski definition) is 1. The third-order valence-corrected chi connectivity index (χ3v) is 8.27. The van der Waals surface area contributed by atoms with E-state index >= 15 is 0 Å². The molecule has 0 bridgehead atoms.